The monoisotopic (exact) mass is 411 g/mol. The molecule has 4 rings (SSSR count). The van der Waals surface area contributed by atoms with Gasteiger partial charge in [0, 0.05) is 19.3 Å². The van der Waals surface area contributed by atoms with E-state index in [1.54, 1.807) is 0 Å². The van der Waals surface area contributed by atoms with Crippen LogP contribution in [0.1, 0.15) is 56.8 Å². The lowest BCUT2D eigenvalue weighted by Gasteiger charge is -2.41. The number of hydrogen-bond donors (Lipinski definition) is 2. The summed E-state index contributed by atoms with van der Waals surface area (Å²) in [6, 6.07) is 9.80. The molecule has 1 aliphatic carbocycles. The zero-order valence-corrected chi connectivity index (χ0v) is 16.9. The van der Waals surface area contributed by atoms with Gasteiger partial charge in [0.25, 0.3) is 17.4 Å². The summed E-state index contributed by atoms with van der Waals surface area (Å²) in [4.78, 5) is 29.2. The molecule has 2 aliphatic rings. The molecule has 0 bridgehead atoms. The zero-order chi connectivity index (χ0) is 21.0. The third kappa shape index (κ3) is 4.50. The Morgan fingerprint density at radius 2 is 2.00 bits per heavy atom. The fraction of sp³-hybridized carbons (Fsp3) is 0.476. The van der Waals surface area contributed by atoms with Crippen LogP contribution >= 0.6 is 0 Å². The number of benzene rings is 1. The lowest BCUT2D eigenvalue weighted by atomic mass is 9.82. The summed E-state index contributed by atoms with van der Waals surface area (Å²) in [5.41, 5.74) is 3.17. The highest BCUT2D eigenvalue weighted by Gasteiger charge is 2.49. The van der Waals surface area contributed by atoms with E-state index in [1.807, 2.05) is 30.3 Å². The summed E-state index contributed by atoms with van der Waals surface area (Å²) < 4.78 is 11.1. The molecule has 158 valence electrons. The van der Waals surface area contributed by atoms with Crippen LogP contribution in [0.15, 0.2) is 35.4 Å². The van der Waals surface area contributed by atoms with Gasteiger partial charge >= 0.3 is 11.9 Å². The van der Waals surface area contributed by atoms with Gasteiger partial charge in [-0.3, -0.25) is 5.10 Å². The maximum atomic E-state index is 12.5. The van der Waals surface area contributed by atoms with Crippen LogP contribution in [0.2, 0.25) is 0 Å². The van der Waals surface area contributed by atoms with E-state index in [9.17, 15) is 9.59 Å². The summed E-state index contributed by atoms with van der Waals surface area (Å²) in [5.74, 6) is -1.56. The zero-order valence-electron chi connectivity index (χ0n) is 16.9. The summed E-state index contributed by atoms with van der Waals surface area (Å²) >= 11 is 0. The topological polar surface area (TPSA) is 119 Å². The van der Waals surface area contributed by atoms with E-state index >= 15 is 0 Å². The van der Waals surface area contributed by atoms with Gasteiger partial charge in [0.05, 0.1) is 0 Å². The smallest absolute Gasteiger partial charge is 0.369 e. The van der Waals surface area contributed by atoms with Crippen molar-refractivity contribution in [1.29, 1.82) is 0 Å². The van der Waals surface area contributed by atoms with Crippen molar-refractivity contribution in [2.75, 3.05) is 5.43 Å². The molecule has 30 heavy (non-hydrogen) atoms. The summed E-state index contributed by atoms with van der Waals surface area (Å²) in [6.45, 7) is 2.12. The highest BCUT2D eigenvalue weighted by molar-refractivity contribution is 6.63. The van der Waals surface area contributed by atoms with Crippen LogP contribution in [0, 0.1) is 5.92 Å². The molecule has 9 heteroatoms. The molecular weight excluding hydrogens is 386 g/mol. The Kier molecular flexibility index (Phi) is 5.78. The Labute approximate surface area is 174 Å². The molecule has 9 nitrogen and oxygen atoms in total. The van der Waals surface area contributed by atoms with Crippen LogP contribution in [0.25, 0.3) is 0 Å². The number of nitrogens with one attached hydrogen (secondary N) is 2. The van der Waals surface area contributed by atoms with Crippen molar-refractivity contribution in [3.63, 3.8) is 0 Å². The lowest BCUT2D eigenvalue weighted by Crippen LogP contribution is -2.52. The van der Waals surface area contributed by atoms with Crippen LogP contribution in [0.4, 0.5) is 5.95 Å². The van der Waals surface area contributed by atoms with Gasteiger partial charge in [0.2, 0.25) is 0 Å². The molecule has 1 unspecified atom stereocenters. The Balaban J connectivity index is 1.39. The van der Waals surface area contributed by atoms with E-state index in [4.69, 9.17) is 9.47 Å². The summed E-state index contributed by atoms with van der Waals surface area (Å²) in [7, 11) is 0. The molecule has 2 aromatic rings. The van der Waals surface area contributed by atoms with Gasteiger partial charge in [-0.2, -0.15) is 10.1 Å². The number of aromatic amines is 1. The molecule has 1 spiro atoms. The highest BCUT2D eigenvalue weighted by atomic mass is 16.7. The molecule has 1 aromatic heterocycles. The van der Waals surface area contributed by atoms with Gasteiger partial charge in [0.1, 0.15) is 5.82 Å². The molecule has 2 fully saturated rings. The number of aromatic nitrogens is 3. The average Bonchev–Trinajstić information content (AvgIpc) is 3.15. The molecule has 1 aliphatic heterocycles. The van der Waals surface area contributed by atoms with E-state index in [0.717, 1.165) is 31.2 Å². The van der Waals surface area contributed by atoms with E-state index in [0.29, 0.717) is 31.0 Å². The normalized spacial score (nSPS) is 23.8. The highest BCUT2D eigenvalue weighted by Crippen LogP contribution is 2.40. The van der Waals surface area contributed by atoms with E-state index in [2.05, 4.69) is 32.6 Å². The second kappa shape index (κ2) is 8.64. The molecule has 0 amide bonds. The van der Waals surface area contributed by atoms with Crippen LogP contribution in [-0.2, 0) is 25.5 Å². The van der Waals surface area contributed by atoms with Crippen molar-refractivity contribution in [2.24, 2.45) is 11.0 Å². The second-order valence-electron chi connectivity index (χ2n) is 7.78. The summed E-state index contributed by atoms with van der Waals surface area (Å²) in [6.07, 6.45) is 5.62. The van der Waals surface area contributed by atoms with Crippen molar-refractivity contribution in [2.45, 2.75) is 57.7 Å². The van der Waals surface area contributed by atoms with E-state index in [1.165, 1.54) is 0 Å². The Hall–Kier alpha value is -3.23. The van der Waals surface area contributed by atoms with Crippen LogP contribution in [0.5, 0.6) is 0 Å². The van der Waals surface area contributed by atoms with E-state index < -0.39 is 23.4 Å². The number of ether oxygens (including phenoxy) is 2. The number of anilines is 1. The maximum absolute atomic E-state index is 12.5. The maximum Gasteiger partial charge on any atom is 0.369 e. The number of nitrogens with zero attached hydrogens (tertiary/aromatic N) is 3. The minimum atomic E-state index is -1.15. The van der Waals surface area contributed by atoms with Crippen molar-refractivity contribution in [1.82, 2.24) is 15.2 Å². The number of esters is 2. The van der Waals surface area contributed by atoms with Crippen molar-refractivity contribution in [3.8, 4) is 0 Å². The van der Waals surface area contributed by atoms with Crippen molar-refractivity contribution >= 4 is 23.6 Å². The first-order chi connectivity index (χ1) is 14.6. The SMILES string of the molecule is CCCC1CCCC2(C1)OC(=O)C(=NNc1n[nH]c(Cc3ccccc3)n1)C(=O)O2. The average molecular weight is 411 g/mol. The minimum absolute atomic E-state index is 0.148. The number of carbonyl (C=O) groups excluding carboxylic acids is 2. The predicted molar refractivity (Wildman–Crippen MR) is 108 cm³/mol. The largest absolute Gasteiger partial charge is 0.417 e. The molecule has 1 aromatic carbocycles. The first kappa shape index (κ1) is 20.1. The van der Waals surface area contributed by atoms with Gasteiger partial charge < -0.3 is 9.47 Å². The van der Waals surface area contributed by atoms with Gasteiger partial charge in [-0.15, -0.1) is 5.10 Å². The fourth-order valence-electron chi connectivity index (χ4n) is 4.09. The first-order valence-corrected chi connectivity index (χ1v) is 10.3. The van der Waals surface area contributed by atoms with Crippen molar-refractivity contribution in [3.05, 3.63) is 41.7 Å². The van der Waals surface area contributed by atoms with Gasteiger partial charge in [-0.1, -0.05) is 50.1 Å². The number of hydrogen-bond acceptors (Lipinski definition) is 8. The summed E-state index contributed by atoms with van der Waals surface area (Å²) in [5, 5.41) is 10.6. The van der Waals surface area contributed by atoms with E-state index in [-0.39, 0.29) is 5.95 Å². The van der Waals surface area contributed by atoms with Crippen LogP contribution < -0.4 is 5.43 Å². The van der Waals surface area contributed by atoms with Crippen molar-refractivity contribution < 1.29 is 19.1 Å². The van der Waals surface area contributed by atoms with Gasteiger partial charge in [0.15, 0.2) is 0 Å². The Bertz CT molecular complexity index is 918. The standard InChI is InChI=1S/C21H25N5O4/c1-2-7-15-10-6-11-21(13-15)29-18(27)17(19(28)30-21)24-26-20-22-16(23-25-20)12-14-8-4-3-5-9-14/h3-5,8-9,15H,2,6-7,10-13H2,1H3,(H2,22,23,25,26). The molecule has 2 heterocycles. The third-order valence-corrected chi connectivity index (χ3v) is 5.42. The Morgan fingerprint density at radius 3 is 2.73 bits per heavy atom. The fourth-order valence-corrected chi connectivity index (χ4v) is 4.09. The van der Waals surface area contributed by atoms with Gasteiger partial charge in [-0.05, 0) is 24.3 Å². The third-order valence-electron chi connectivity index (χ3n) is 5.42. The number of carbonyl (C=O) groups is 2. The molecule has 1 atom stereocenters. The lowest BCUT2D eigenvalue weighted by molar-refractivity contribution is -0.242. The quantitative estimate of drug-likeness (QED) is 0.554. The minimum Gasteiger partial charge on any atom is -0.417 e. The molecular formula is C21H25N5O4. The number of H-pyrrole nitrogens is 1. The first-order valence-electron chi connectivity index (χ1n) is 10.3. The number of hydrazone groups is 1. The number of rotatable bonds is 6. The van der Waals surface area contributed by atoms with Gasteiger partial charge in [-0.25, -0.2) is 15.0 Å². The molecule has 1 saturated carbocycles. The molecule has 0 radical (unpaired) electrons. The second-order valence-corrected chi connectivity index (χ2v) is 7.78. The Morgan fingerprint density at radius 1 is 1.23 bits per heavy atom. The van der Waals surface area contributed by atoms with Crippen LogP contribution in [-0.4, -0.2) is 38.6 Å². The molecule has 2 N–H and O–H groups in total. The predicted octanol–water partition coefficient (Wildman–Crippen LogP) is 2.95. The van der Waals surface area contributed by atoms with Crippen LogP contribution in [0.3, 0.4) is 0 Å². The molecule has 1 saturated heterocycles.